The molecule has 148 valence electrons. The highest BCUT2D eigenvalue weighted by atomic mass is 16.5. The fraction of sp³-hybridized carbons (Fsp3) is 0.619. The monoisotopic (exact) mass is 375 g/mol. The predicted molar refractivity (Wildman–Crippen MR) is 101 cm³/mol. The van der Waals surface area contributed by atoms with Crippen molar-refractivity contribution in [1.29, 1.82) is 0 Å². The first-order chi connectivity index (χ1) is 13.2. The molecule has 2 saturated heterocycles. The maximum atomic E-state index is 12.4. The van der Waals surface area contributed by atoms with Crippen molar-refractivity contribution in [3.63, 3.8) is 0 Å². The highest BCUT2D eigenvalue weighted by molar-refractivity contribution is 5.91. The maximum Gasteiger partial charge on any atom is 0.338 e. The smallest absolute Gasteiger partial charge is 0.338 e. The number of hydrogen-bond donors (Lipinski definition) is 0. The molecule has 0 radical (unpaired) electrons. The highest BCUT2D eigenvalue weighted by Gasteiger charge is 2.26. The topological polar surface area (TPSA) is 65.1 Å². The zero-order valence-electron chi connectivity index (χ0n) is 16.0. The summed E-state index contributed by atoms with van der Waals surface area (Å²) in [6.07, 6.45) is 6.40. The van der Waals surface area contributed by atoms with Gasteiger partial charge in [0.15, 0.2) is 6.61 Å². The lowest BCUT2D eigenvalue weighted by Gasteiger charge is -2.35. The van der Waals surface area contributed by atoms with Crippen molar-refractivity contribution < 1.29 is 23.8 Å². The molecule has 0 aliphatic carbocycles. The summed E-state index contributed by atoms with van der Waals surface area (Å²) >= 11 is 0. The van der Waals surface area contributed by atoms with E-state index < -0.39 is 5.97 Å². The van der Waals surface area contributed by atoms with E-state index in [2.05, 4.69) is 6.92 Å². The molecule has 3 rings (SSSR count). The number of carbonyl (C=O) groups is 2. The number of benzene rings is 1. The van der Waals surface area contributed by atoms with Crippen LogP contribution in [0.5, 0.6) is 5.75 Å². The largest absolute Gasteiger partial charge is 0.491 e. The third kappa shape index (κ3) is 5.45. The molecule has 2 aliphatic heterocycles. The van der Waals surface area contributed by atoms with Crippen LogP contribution in [-0.4, -0.2) is 55.3 Å². The predicted octanol–water partition coefficient (Wildman–Crippen LogP) is 3.19. The Morgan fingerprint density at radius 3 is 2.67 bits per heavy atom. The average molecular weight is 375 g/mol. The highest BCUT2D eigenvalue weighted by Crippen LogP contribution is 2.20. The third-order valence-electron chi connectivity index (χ3n) is 5.30. The minimum atomic E-state index is -0.487. The Hall–Kier alpha value is -2.08. The van der Waals surface area contributed by atoms with Gasteiger partial charge < -0.3 is 19.1 Å². The van der Waals surface area contributed by atoms with Gasteiger partial charge >= 0.3 is 5.97 Å². The van der Waals surface area contributed by atoms with Gasteiger partial charge in [-0.15, -0.1) is 0 Å². The Labute approximate surface area is 160 Å². The molecule has 0 spiro atoms. The summed E-state index contributed by atoms with van der Waals surface area (Å²) < 4.78 is 16.4. The number of ether oxygens (including phenoxy) is 3. The van der Waals surface area contributed by atoms with Crippen molar-refractivity contribution in [2.24, 2.45) is 0 Å². The van der Waals surface area contributed by atoms with E-state index in [1.807, 2.05) is 4.90 Å². The van der Waals surface area contributed by atoms with E-state index in [9.17, 15) is 9.59 Å². The van der Waals surface area contributed by atoms with Crippen molar-refractivity contribution in [1.82, 2.24) is 4.90 Å². The van der Waals surface area contributed by atoms with Crippen LogP contribution in [0.25, 0.3) is 0 Å². The van der Waals surface area contributed by atoms with Crippen LogP contribution in [-0.2, 0) is 14.3 Å². The fourth-order valence-electron chi connectivity index (χ4n) is 3.70. The number of esters is 1. The van der Waals surface area contributed by atoms with Crippen LogP contribution >= 0.6 is 0 Å². The molecule has 2 heterocycles. The molecule has 2 atom stereocenters. The van der Waals surface area contributed by atoms with E-state index in [4.69, 9.17) is 14.2 Å². The number of carbonyl (C=O) groups excluding carboxylic acids is 2. The second kappa shape index (κ2) is 9.74. The lowest BCUT2D eigenvalue weighted by molar-refractivity contribution is -0.138. The normalized spacial score (nSPS) is 22.5. The molecule has 0 aromatic heterocycles. The van der Waals surface area contributed by atoms with Gasteiger partial charge in [-0.2, -0.15) is 0 Å². The summed E-state index contributed by atoms with van der Waals surface area (Å²) in [5, 5.41) is 0. The number of piperidine rings is 1. The molecule has 6 nitrogen and oxygen atoms in total. The van der Waals surface area contributed by atoms with Gasteiger partial charge in [-0.3, -0.25) is 4.79 Å². The first-order valence-corrected chi connectivity index (χ1v) is 9.98. The summed E-state index contributed by atoms with van der Waals surface area (Å²) in [6.45, 7) is 3.96. The minimum Gasteiger partial charge on any atom is -0.491 e. The summed E-state index contributed by atoms with van der Waals surface area (Å²) in [5.41, 5.74) is 0.415. The van der Waals surface area contributed by atoms with Gasteiger partial charge in [-0.1, -0.05) is 6.92 Å². The van der Waals surface area contributed by atoms with Gasteiger partial charge in [-0.05, 0) is 62.8 Å². The SMILES string of the molecule is CCC1CCCCN1C(=O)COC(=O)c1ccc(OCC2CCCO2)cc1. The first-order valence-electron chi connectivity index (χ1n) is 9.98. The van der Waals surface area contributed by atoms with Gasteiger partial charge in [0.05, 0.1) is 11.7 Å². The zero-order valence-corrected chi connectivity index (χ0v) is 16.0. The van der Waals surface area contributed by atoms with E-state index in [0.29, 0.717) is 17.9 Å². The molecule has 2 unspecified atom stereocenters. The number of nitrogens with zero attached hydrogens (tertiary/aromatic N) is 1. The van der Waals surface area contributed by atoms with Crippen LogP contribution in [0.1, 0.15) is 55.8 Å². The van der Waals surface area contributed by atoms with Crippen LogP contribution in [0.3, 0.4) is 0 Å². The molecular weight excluding hydrogens is 346 g/mol. The molecule has 1 aromatic carbocycles. The summed E-state index contributed by atoms with van der Waals surface area (Å²) in [6, 6.07) is 7.07. The van der Waals surface area contributed by atoms with E-state index in [-0.39, 0.29) is 24.7 Å². The van der Waals surface area contributed by atoms with Crippen molar-refractivity contribution in [2.75, 3.05) is 26.4 Å². The van der Waals surface area contributed by atoms with E-state index >= 15 is 0 Å². The van der Waals surface area contributed by atoms with Crippen molar-refractivity contribution in [3.8, 4) is 5.75 Å². The second-order valence-corrected chi connectivity index (χ2v) is 7.19. The molecule has 1 aromatic rings. The zero-order chi connectivity index (χ0) is 19.1. The summed E-state index contributed by atoms with van der Waals surface area (Å²) in [4.78, 5) is 26.5. The van der Waals surface area contributed by atoms with Gasteiger partial charge in [0, 0.05) is 19.2 Å². The van der Waals surface area contributed by atoms with E-state index in [1.165, 1.54) is 0 Å². The van der Waals surface area contributed by atoms with Crippen LogP contribution < -0.4 is 4.74 Å². The van der Waals surface area contributed by atoms with E-state index in [0.717, 1.165) is 51.7 Å². The van der Waals surface area contributed by atoms with E-state index in [1.54, 1.807) is 24.3 Å². The number of amides is 1. The lowest BCUT2D eigenvalue weighted by Crippen LogP contribution is -2.45. The standard InChI is InChI=1S/C21H29NO5/c1-2-17-6-3-4-12-22(17)20(23)15-27-21(24)16-8-10-18(11-9-16)26-14-19-7-5-13-25-19/h8-11,17,19H,2-7,12-15H2,1H3. The Bertz CT molecular complexity index is 624. The molecule has 0 bridgehead atoms. The van der Waals surface area contributed by atoms with Crippen molar-refractivity contribution in [3.05, 3.63) is 29.8 Å². The third-order valence-corrected chi connectivity index (χ3v) is 5.30. The van der Waals surface area contributed by atoms with Crippen LogP contribution in [0.2, 0.25) is 0 Å². The minimum absolute atomic E-state index is 0.105. The van der Waals surface area contributed by atoms with Crippen molar-refractivity contribution in [2.45, 2.75) is 57.6 Å². The Morgan fingerprint density at radius 2 is 1.96 bits per heavy atom. The molecule has 27 heavy (non-hydrogen) atoms. The molecule has 6 heteroatoms. The quantitative estimate of drug-likeness (QED) is 0.685. The molecule has 2 aliphatic rings. The Kier molecular flexibility index (Phi) is 7.10. The van der Waals surface area contributed by atoms with Crippen LogP contribution in [0, 0.1) is 0 Å². The van der Waals surface area contributed by atoms with Gasteiger partial charge in [0.1, 0.15) is 12.4 Å². The average Bonchev–Trinajstić information content (AvgIpc) is 3.24. The number of likely N-dealkylation sites (tertiary alicyclic amines) is 1. The Balaban J connectivity index is 1.45. The fourth-order valence-corrected chi connectivity index (χ4v) is 3.70. The Morgan fingerprint density at radius 1 is 1.15 bits per heavy atom. The molecule has 0 saturated carbocycles. The summed E-state index contributed by atoms with van der Waals surface area (Å²) in [5.74, 6) is 0.0998. The maximum absolute atomic E-state index is 12.4. The van der Waals surface area contributed by atoms with Gasteiger partial charge in [0.25, 0.3) is 5.91 Å². The van der Waals surface area contributed by atoms with Gasteiger partial charge in [0.2, 0.25) is 0 Å². The van der Waals surface area contributed by atoms with Crippen molar-refractivity contribution >= 4 is 11.9 Å². The first kappa shape index (κ1) is 19.7. The second-order valence-electron chi connectivity index (χ2n) is 7.19. The molecule has 2 fully saturated rings. The van der Waals surface area contributed by atoms with Gasteiger partial charge in [-0.25, -0.2) is 4.79 Å². The number of hydrogen-bond acceptors (Lipinski definition) is 5. The molecule has 1 amide bonds. The van der Waals surface area contributed by atoms with Crippen LogP contribution in [0.4, 0.5) is 0 Å². The molecular formula is C21H29NO5. The lowest BCUT2D eigenvalue weighted by atomic mass is 10.00. The van der Waals surface area contributed by atoms with Crippen LogP contribution in [0.15, 0.2) is 24.3 Å². The number of rotatable bonds is 7. The molecule has 0 N–H and O–H groups in total. The summed E-state index contributed by atoms with van der Waals surface area (Å²) in [7, 11) is 0.